The first-order valence-corrected chi connectivity index (χ1v) is 11.9. The molecule has 8 heteroatoms. The Labute approximate surface area is 190 Å². The number of fused-ring (bicyclic) bond motifs is 5. The van der Waals surface area contributed by atoms with E-state index in [0.717, 1.165) is 22.8 Å². The molecule has 4 atom stereocenters. The highest BCUT2D eigenvalue weighted by atomic mass is 32.2. The van der Waals surface area contributed by atoms with Gasteiger partial charge in [0.05, 0.1) is 22.4 Å². The van der Waals surface area contributed by atoms with Gasteiger partial charge in [0.15, 0.2) is 0 Å². The van der Waals surface area contributed by atoms with E-state index >= 15 is 0 Å². The molecule has 2 aromatic carbocycles. The van der Waals surface area contributed by atoms with Crippen LogP contribution in [0, 0.1) is 33.8 Å². The van der Waals surface area contributed by atoms with E-state index in [1.165, 1.54) is 11.6 Å². The number of amides is 2. The summed E-state index contributed by atoms with van der Waals surface area (Å²) in [6, 6.07) is 14.7. The van der Waals surface area contributed by atoms with Crippen molar-refractivity contribution >= 4 is 40.6 Å². The molecule has 1 saturated heterocycles. The fourth-order valence-corrected chi connectivity index (χ4v) is 5.96. The van der Waals surface area contributed by atoms with E-state index in [0.29, 0.717) is 12.2 Å². The third kappa shape index (κ3) is 3.58. The van der Waals surface area contributed by atoms with E-state index in [9.17, 15) is 19.7 Å². The van der Waals surface area contributed by atoms with Gasteiger partial charge in [-0.15, -0.1) is 0 Å². The molecule has 3 aliphatic rings. The molecule has 0 aromatic heterocycles. The summed E-state index contributed by atoms with van der Waals surface area (Å²) >= 11 is 1.74. The van der Waals surface area contributed by atoms with Crippen molar-refractivity contribution in [3.8, 4) is 0 Å². The first kappa shape index (κ1) is 20.8. The van der Waals surface area contributed by atoms with Crippen LogP contribution in [-0.2, 0) is 15.3 Å². The summed E-state index contributed by atoms with van der Waals surface area (Å²) in [6.45, 7) is 0.568. The second-order valence-corrected chi connectivity index (χ2v) is 9.54. The fourth-order valence-electron chi connectivity index (χ4n) is 5.14. The molecule has 1 aliphatic heterocycles. The molecule has 1 heterocycles. The zero-order valence-electron chi connectivity index (χ0n) is 17.3. The van der Waals surface area contributed by atoms with Crippen LogP contribution in [-0.4, -0.2) is 29.0 Å². The number of nitrogens with one attached hydrogen (secondary N) is 1. The van der Waals surface area contributed by atoms with Crippen molar-refractivity contribution in [3.05, 3.63) is 76.4 Å². The van der Waals surface area contributed by atoms with Crippen LogP contribution in [0.2, 0.25) is 0 Å². The maximum absolute atomic E-state index is 13.0. The summed E-state index contributed by atoms with van der Waals surface area (Å²) in [6.07, 6.45) is 4.92. The number of nitro benzene ring substituents is 1. The van der Waals surface area contributed by atoms with Crippen molar-refractivity contribution < 1.29 is 14.5 Å². The molecular formula is C24H23N3O4S. The number of benzene rings is 2. The maximum atomic E-state index is 13.0. The molecule has 2 bridgehead atoms. The van der Waals surface area contributed by atoms with Crippen molar-refractivity contribution in [3.63, 3.8) is 0 Å². The minimum Gasteiger partial charge on any atom is -0.379 e. The molecule has 1 saturated carbocycles. The topological polar surface area (TPSA) is 92.6 Å². The number of hydrogen-bond donors (Lipinski definition) is 1. The zero-order chi connectivity index (χ0) is 22.2. The van der Waals surface area contributed by atoms with Gasteiger partial charge in [0.1, 0.15) is 5.69 Å². The van der Waals surface area contributed by atoms with Crippen LogP contribution in [0.15, 0.2) is 60.7 Å². The van der Waals surface area contributed by atoms with E-state index in [1.54, 1.807) is 23.9 Å². The average Bonchev–Trinajstić information content (AvgIpc) is 3.48. The highest BCUT2D eigenvalue weighted by molar-refractivity contribution is 7.98. The molecule has 2 aromatic rings. The number of nitrogens with zero attached hydrogens (tertiary/aromatic N) is 2. The third-order valence-corrected chi connectivity index (χ3v) is 7.61. The van der Waals surface area contributed by atoms with E-state index in [4.69, 9.17) is 0 Å². The summed E-state index contributed by atoms with van der Waals surface area (Å²) in [4.78, 5) is 38.4. The molecular weight excluding hydrogens is 426 g/mol. The molecule has 2 amide bonds. The van der Waals surface area contributed by atoms with Crippen LogP contribution in [0.1, 0.15) is 12.0 Å². The number of carbonyl (C=O) groups is 2. The summed E-state index contributed by atoms with van der Waals surface area (Å²) < 4.78 is 0. The molecule has 1 N–H and O–H groups in total. The number of allylic oxidation sites excluding steroid dienone is 2. The SMILES string of the molecule is O=C1[C@H]2[C@H](C(=O)N1c1ccc(NCCSCc3ccccc3)c([N+](=O)[O-])c1)[C@H]1C=C[C@H]2C1. The summed E-state index contributed by atoms with van der Waals surface area (Å²) in [5.41, 5.74) is 1.78. The number of thioether (sulfide) groups is 1. The van der Waals surface area contributed by atoms with E-state index in [2.05, 4.69) is 17.4 Å². The lowest BCUT2D eigenvalue weighted by atomic mass is 9.85. The van der Waals surface area contributed by atoms with Gasteiger partial charge in [-0.05, 0) is 36.0 Å². The quantitative estimate of drug-likeness (QED) is 0.213. The Morgan fingerprint density at radius 1 is 1.03 bits per heavy atom. The maximum Gasteiger partial charge on any atom is 0.294 e. The van der Waals surface area contributed by atoms with Gasteiger partial charge < -0.3 is 5.32 Å². The Balaban J connectivity index is 1.26. The van der Waals surface area contributed by atoms with Gasteiger partial charge >= 0.3 is 0 Å². The Hall–Kier alpha value is -3.13. The molecule has 0 spiro atoms. The van der Waals surface area contributed by atoms with Crippen LogP contribution in [0.4, 0.5) is 17.1 Å². The van der Waals surface area contributed by atoms with Crippen LogP contribution < -0.4 is 10.2 Å². The lowest BCUT2D eigenvalue weighted by Gasteiger charge is -2.18. The predicted octanol–water partition coefficient (Wildman–Crippen LogP) is 4.25. The van der Waals surface area contributed by atoms with E-state index < -0.39 is 4.92 Å². The summed E-state index contributed by atoms with van der Waals surface area (Å²) in [5, 5.41) is 14.8. The third-order valence-electron chi connectivity index (χ3n) is 6.58. The van der Waals surface area contributed by atoms with Gasteiger partial charge in [0, 0.05) is 24.1 Å². The highest BCUT2D eigenvalue weighted by Gasteiger charge is 2.59. The standard InChI is InChI=1S/C24H23N3O4S/c28-23-21-16-6-7-17(12-16)22(21)24(29)26(23)18-8-9-19(20(13-18)27(30)31)25-10-11-32-14-15-4-2-1-3-5-15/h1-9,13,16-17,21-22,25H,10-12,14H2/t16-,17-,21+,22+/m0/s1. The van der Waals surface area contributed by atoms with Crippen molar-refractivity contribution in [1.29, 1.82) is 0 Å². The number of rotatable bonds is 8. The number of anilines is 2. The van der Waals surface area contributed by atoms with E-state index in [1.807, 2.05) is 30.4 Å². The number of nitro groups is 1. The first-order chi connectivity index (χ1) is 15.5. The average molecular weight is 450 g/mol. The van der Waals surface area contributed by atoms with Crippen LogP contribution in [0.3, 0.4) is 0 Å². The normalized spacial score (nSPS) is 25.4. The molecule has 7 nitrogen and oxygen atoms in total. The fraction of sp³-hybridized carbons (Fsp3) is 0.333. The Bertz CT molecular complexity index is 1070. The van der Waals surface area contributed by atoms with Gasteiger partial charge in [-0.2, -0.15) is 11.8 Å². The molecule has 32 heavy (non-hydrogen) atoms. The van der Waals surface area contributed by atoms with Gasteiger partial charge in [-0.3, -0.25) is 19.7 Å². The highest BCUT2D eigenvalue weighted by Crippen LogP contribution is 2.53. The van der Waals surface area contributed by atoms with Crippen LogP contribution in [0.25, 0.3) is 0 Å². The minimum atomic E-state index is -0.472. The molecule has 0 unspecified atom stereocenters. The van der Waals surface area contributed by atoms with Gasteiger partial charge in [-0.1, -0.05) is 42.5 Å². The van der Waals surface area contributed by atoms with Gasteiger partial charge in [0.2, 0.25) is 11.8 Å². The summed E-state index contributed by atoms with van der Waals surface area (Å²) in [5.74, 6) is 0.768. The molecule has 5 rings (SSSR count). The first-order valence-electron chi connectivity index (χ1n) is 10.7. The smallest absolute Gasteiger partial charge is 0.294 e. The van der Waals surface area contributed by atoms with Crippen molar-refractivity contribution in [2.24, 2.45) is 23.7 Å². The van der Waals surface area contributed by atoms with Gasteiger partial charge in [-0.25, -0.2) is 4.90 Å². The molecule has 2 aliphatic carbocycles. The second-order valence-electron chi connectivity index (χ2n) is 8.44. The monoisotopic (exact) mass is 449 g/mol. The largest absolute Gasteiger partial charge is 0.379 e. The molecule has 0 radical (unpaired) electrons. The van der Waals surface area contributed by atoms with E-state index in [-0.39, 0.29) is 46.9 Å². The lowest BCUT2D eigenvalue weighted by Crippen LogP contribution is -2.32. The summed E-state index contributed by atoms with van der Waals surface area (Å²) in [7, 11) is 0. The minimum absolute atomic E-state index is 0.107. The number of hydrogen-bond acceptors (Lipinski definition) is 6. The predicted molar refractivity (Wildman–Crippen MR) is 124 cm³/mol. The number of imide groups is 1. The van der Waals surface area contributed by atoms with Crippen molar-refractivity contribution in [1.82, 2.24) is 0 Å². The number of carbonyl (C=O) groups excluding carboxylic acids is 2. The van der Waals surface area contributed by atoms with Crippen LogP contribution >= 0.6 is 11.8 Å². The van der Waals surface area contributed by atoms with Crippen LogP contribution in [0.5, 0.6) is 0 Å². The molecule has 164 valence electrons. The lowest BCUT2D eigenvalue weighted by molar-refractivity contribution is -0.383. The zero-order valence-corrected chi connectivity index (χ0v) is 18.2. The Kier molecular flexibility index (Phi) is 5.46. The van der Waals surface area contributed by atoms with Crippen molar-refractivity contribution in [2.75, 3.05) is 22.5 Å². The Morgan fingerprint density at radius 2 is 1.72 bits per heavy atom. The van der Waals surface area contributed by atoms with Gasteiger partial charge in [0.25, 0.3) is 5.69 Å². The van der Waals surface area contributed by atoms with Crippen molar-refractivity contribution in [2.45, 2.75) is 12.2 Å². The second kappa shape index (κ2) is 8.43. The molecule has 2 fully saturated rings. The Morgan fingerprint density at radius 3 is 2.38 bits per heavy atom.